The molecule has 4 nitrogen and oxygen atoms in total. The van der Waals surface area contributed by atoms with Crippen LogP contribution in [0.15, 0.2) is 5.16 Å². The highest BCUT2D eigenvalue weighted by atomic mass is 16.6. The van der Waals surface area contributed by atoms with Crippen LogP contribution in [0.2, 0.25) is 0 Å². The van der Waals surface area contributed by atoms with E-state index in [1.54, 1.807) is 0 Å². The van der Waals surface area contributed by atoms with Crippen LogP contribution in [0.3, 0.4) is 0 Å². The van der Waals surface area contributed by atoms with E-state index < -0.39 is 0 Å². The Labute approximate surface area is 129 Å². The van der Waals surface area contributed by atoms with E-state index in [9.17, 15) is 4.79 Å². The lowest BCUT2D eigenvalue weighted by molar-refractivity contribution is -0.121. The highest BCUT2D eigenvalue weighted by Crippen LogP contribution is 2.12. The lowest BCUT2D eigenvalue weighted by Gasteiger charge is -2.08. The minimum atomic E-state index is 0.179. The second-order valence-corrected chi connectivity index (χ2v) is 5.92. The Morgan fingerprint density at radius 3 is 2.24 bits per heavy atom. The van der Waals surface area contributed by atoms with Crippen LogP contribution in [-0.2, 0) is 9.63 Å². The van der Waals surface area contributed by atoms with Gasteiger partial charge in [0.1, 0.15) is 6.61 Å². The number of nitrogens with one attached hydrogen (secondary N) is 1. The second-order valence-electron chi connectivity index (χ2n) is 5.92. The zero-order valence-corrected chi connectivity index (χ0v) is 13.7. The van der Waals surface area contributed by atoms with Crippen molar-refractivity contribution >= 4 is 11.6 Å². The molecule has 0 unspecified atom stereocenters. The minimum absolute atomic E-state index is 0.179. The van der Waals surface area contributed by atoms with Crippen LogP contribution in [0.4, 0.5) is 0 Å². The monoisotopic (exact) mass is 296 g/mol. The third-order valence-corrected chi connectivity index (χ3v) is 3.84. The highest BCUT2D eigenvalue weighted by molar-refractivity contribution is 5.84. The SMILES string of the molecule is CCCO/N=C1\CCCCCCCCCCC(=O)NCC1. The Kier molecular flexibility index (Phi) is 10.8. The van der Waals surface area contributed by atoms with Crippen LogP contribution >= 0.6 is 0 Å². The number of amides is 1. The van der Waals surface area contributed by atoms with E-state index in [2.05, 4.69) is 17.4 Å². The number of nitrogens with zero attached hydrogens (tertiary/aromatic N) is 1. The molecule has 1 saturated heterocycles. The number of hydrogen-bond acceptors (Lipinski definition) is 3. The summed E-state index contributed by atoms with van der Waals surface area (Å²) in [5, 5.41) is 7.25. The van der Waals surface area contributed by atoms with E-state index >= 15 is 0 Å². The molecule has 1 heterocycles. The van der Waals surface area contributed by atoms with Crippen LogP contribution in [0, 0.1) is 0 Å². The maximum Gasteiger partial charge on any atom is 0.220 e. The maximum absolute atomic E-state index is 11.7. The van der Waals surface area contributed by atoms with Gasteiger partial charge in [0.2, 0.25) is 5.91 Å². The number of carbonyl (C=O) groups excluding carboxylic acids is 1. The van der Waals surface area contributed by atoms with Gasteiger partial charge in [-0.15, -0.1) is 0 Å². The molecule has 122 valence electrons. The van der Waals surface area contributed by atoms with Gasteiger partial charge in [-0.3, -0.25) is 4.79 Å². The lowest BCUT2D eigenvalue weighted by Crippen LogP contribution is -2.25. The number of hydrogen-bond donors (Lipinski definition) is 1. The maximum atomic E-state index is 11.7. The molecule has 0 aromatic carbocycles. The van der Waals surface area contributed by atoms with Crippen LogP contribution in [0.25, 0.3) is 0 Å². The predicted molar refractivity (Wildman–Crippen MR) is 87.5 cm³/mol. The molecule has 21 heavy (non-hydrogen) atoms. The molecule has 0 radical (unpaired) electrons. The van der Waals surface area contributed by atoms with Crippen LogP contribution < -0.4 is 5.32 Å². The van der Waals surface area contributed by atoms with E-state index in [-0.39, 0.29) is 5.91 Å². The topological polar surface area (TPSA) is 50.7 Å². The summed E-state index contributed by atoms with van der Waals surface area (Å²) in [6.45, 7) is 3.44. The molecule has 1 rings (SSSR count). The van der Waals surface area contributed by atoms with Gasteiger partial charge in [0, 0.05) is 19.4 Å². The van der Waals surface area contributed by atoms with Crippen molar-refractivity contribution in [3.8, 4) is 0 Å². The minimum Gasteiger partial charge on any atom is -0.396 e. The standard InChI is InChI=1S/C17H32N2O2/c1-2-15-21-19-16-11-9-7-5-3-4-6-8-10-12-17(20)18-14-13-16/h2-15H2,1H3,(H,18,20)/b19-16+. The summed E-state index contributed by atoms with van der Waals surface area (Å²) >= 11 is 0. The van der Waals surface area contributed by atoms with Crippen molar-refractivity contribution in [3.05, 3.63) is 0 Å². The van der Waals surface area contributed by atoms with Crippen molar-refractivity contribution in [2.75, 3.05) is 13.2 Å². The molecule has 0 atom stereocenters. The molecule has 0 aromatic rings. The van der Waals surface area contributed by atoms with E-state index in [0.29, 0.717) is 19.6 Å². The van der Waals surface area contributed by atoms with E-state index in [0.717, 1.165) is 31.4 Å². The molecular weight excluding hydrogens is 264 g/mol. The van der Waals surface area contributed by atoms with Crippen molar-refractivity contribution in [2.24, 2.45) is 5.16 Å². The molecule has 1 N–H and O–H groups in total. The first kappa shape index (κ1) is 18.0. The van der Waals surface area contributed by atoms with Gasteiger partial charge in [-0.25, -0.2) is 0 Å². The smallest absolute Gasteiger partial charge is 0.220 e. The number of carbonyl (C=O) groups is 1. The summed E-state index contributed by atoms with van der Waals surface area (Å²) in [5.74, 6) is 0.179. The molecule has 0 bridgehead atoms. The highest BCUT2D eigenvalue weighted by Gasteiger charge is 2.05. The summed E-state index contributed by atoms with van der Waals surface area (Å²) in [6, 6.07) is 0. The fourth-order valence-electron chi connectivity index (χ4n) is 2.55. The van der Waals surface area contributed by atoms with Crippen molar-refractivity contribution in [1.82, 2.24) is 5.32 Å². The molecule has 1 fully saturated rings. The van der Waals surface area contributed by atoms with Crippen LogP contribution in [-0.4, -0.2) is 24.8 Å². The average molecular weight is 296 g/mol. The second kappa shape index (κ2) is 12.7. The Hall–Kier alpha value is -1.06. The Bertz CT molecular complexity index is 303. The van der Waals surface area contributed by atoms with E-state index in [1.165, 1.54) is 44.9 Å². The van der Waals surface area contributed by atoms with Crippen LogP contribution in [0.5, 0.6) is 0 Å². The van der Waals surface area contributed by atoms with E-state index in [1.807, 2.05) is 0 Å². The predicted octanol–water partition coefficient (Wildman–Crippen LogP) is 4.19. The summed E-state index contributed by atoms with van der Waals surface area (Å²) in [4.78, 5) is 17.0. The molecule has 0 aromatic heterocycles. The molecule has 1 aliphatic rings. The quantitative estimate of drug-likeness (QED) is 0.627. The first-order valence-corrected chi connectivity index (χ1v) is 8.77. The molecule has 4 heteroatoms. The van der Waals surface area contributed by atoms with Gasteiger partial charge in [-0.1, -0.05) is 50.6 Å². The summed E-state index contributed by atoms with van der Waals surface area (Å²) < 4.78 is 0. The molecule has 1 aliphatic heterocycles. The average Bonchev–Trinajstić information content (AvgIpc) is 2.48. The van der Waals surface area contributed by atoms with E-state index in [4.69, 9.17) is 4.84 Å². The summed E-state index contributed by atoms with van der Waals surface area (Å²) in [7, 11) is 0. The largest absolute Gasteiger partial charge is 0.396 e. The van der Waals surface area contributed by atoms with Crippen molar-refractivity contribution in [1.29, 1.82) is 0 Å². The molecular formula is C17H32N2O2. The zero-order valence-electron chi connectivity index (χ0n) is 13.7. The van der Waals surface area contributed by atoms with Gasteiger partial charge in [0.15, 0.2) is 0 Å². The lowest BCUT2D eigenvalue weighted by atomic mass is 10.0. The van der Waals surface area contributed by atoms with Gasteiger partial charge in [0.05, 0.1) is 5.71 Å². The van der Waals surface area contributed by atoms with Gasteiger partial charge in [0.25, 0.3) is 0 Å². The molecule has 0 spiro atoms. The third-order valence-electron chi connectivity index (χ3n) is 3.84. The number of rotatable bonds is 3. The Balaban J connectivity index is 2.40. The van der Waals surface area contributed by atoms with Gasteiger partial charge in [-0.05, 0) is 25.7 Å². The zero-order chi connectivity index (χ0) is 15.2. The number of oxime groups is 1. The van der Waals surface area contributed by atoms with Gasteiger partial charge < -0.3 is 10.2 Å². The summed E-state index contributed by atoms with van der Waals surface area (Å²) in [6.07, 6.45) is 13.3. The molecule has 0 saturated carbocycles. The molecule has 0 aliphatic carbocycles. The first-order chi connectivity index (χ1) is 10.3. The first-order valence-electron chi connectivity index (χ1n) is 8.77. The van der Waals surface area contributed by atoms with Crippen LogP contribution in [0.1, 0.15) is 84.0 Å². The van der Waals surface area contributed by atoms with Gasteiger partial charge >= 0.3 is 0 Å². The Morgan fingerprint density at radius 1 is 0.952 bits per heavy atom. The molecule has 1 amide bonds. The Morgan fingerprint density at radius 2 is 1.57 bits per heavy atom. The normalized spacial score (nSPS) is 22.1. The van der Waals surface area contributed by atoms with Crippen molar-refractivity contribution in [2.45, 2.75) is 84.0 Å². The van der Waals surface area contributed by atoms with Crippen molar-refractivity contribution < 1.29 is 9.63 Å². The van der Waals surface area contributed by atoms with Crippen molar-refractivity contribution in [3.63, 3.8) is 0 Å². The third kappa shape index (κ3) is 10.3. The fraction of sp³-hybridized carbons (Fsp3) is 0.882. The fourth-order valence-corrected chi connectivity index (χ4v) is 2.55. The van der Waals surface area contributed by atoms with Gasteiger partial charge in [-0.2, -0.15) is 0 Å². The summed E-state index contributed by atoms with van der Waals surface area (Å²) in [5.41, 5.74) is 1.10.